The molecule has 1 saturated carbocycles. The molecule has 1 aliphatic carbocycles. The Morgan fingerprint density at radius 3 is 2.95 bits per heavy atom. The van der Waals surface area contributed by atoms with E-state index in [0.29, 0.717) is 18.9 Å². The van der Waals surface area contributed by atoms with Crippen molar-refractivity contribution in [3.05, 3.63) is 28.2 Å². The van der Waals surface area contributed by atoms with Crippen LogP contribution in [0.1, 0.15) is 31.2 Å². The maximum absolute atomic E-state index is 12.0. The van der Waals surface area contributed by atoms with Gasteiger partial charge in [0.25, 0.3) is 0 Å². The van der Waals surface area contributed by atoms with Crippen molar-refractivity contribution in [3.8, 4) is 5.75 Å². The number of halogens is 1. The lowest BCUT2D eigenvalue weighted by Crippen LogP contribution is -2.31. The van der Waals surface area contributed by atoms with E-state index in [1.54, 1.807) is 7.11 Å². The fourth-order valence-corrected chi connectivity index (χ4v) is 3.02. The van der Waals surface area contributed by atoms with Crippen LogP contribution in [0.15, 0.2) is 22.7 Å². The van der Waals surface area contributed by atoms with Crippen molar-refractivity contribution in [2.45, 2.75) is 38.3 Å². The molecule has 0 aliphatic heterocycles. The van der Waals surface area contributed by atoms with Gasteiger partial charge in [-0.2, -0.15) is 0 Å². The Bertz CT molecular complexity index is 479. The third-order valence-electron chi connectivity index (χ3n) is 3.89. The summed E-state index contributed by atoms with van der Waals surface area (Å²) in [6, 6.07) is 5.91. The number of hydrogen-bond donors (Lipinski definition) is 2. The van der Waals surface area contributed by atoms with Gasteiger partial charge in [-0.1, -0.05) is 22.4 Å². The Hall–Kier alpha value is -1.07. The van der Waals surface area contributed by atoms with Gasteiger partial charge in [0, 0.05) is 23.5 Å². The summed E-state index contributed by atoms with van der Waals surface area (Å²) < 4.78 is 6.16. The van der Waals surface area contributed by atoms with Crippen LogP contribution in [0.5, 0.6) is 5.75 Å². The number of benzene rings is 1. The van der Waals surface area contributed by atoms with Crippen LogP contribution in [0.25, 0.3) is 0 Å². The van der Waals surface area contributed by atoms with Crippen LogP contribution in [0.2, 0.25) is 0 Å². The van der Waals surface area contributed by atoms with Crippen LogP contribution < -0.4 is 15.8 Å². The van der Waals surface area contributed by atoms with Crippen LogP contribution >= 0.6 is 15.9 Å². The van der Waals surface area contributed by atoms with E-state index < -0.39 is 0 Å². The summed E-state index contributed by atoms with van der Waals surface area (Å²) in [5.41, 5.74) is 7.00. The smallest absolute Gasteiger partial charge is 0.220 e. The Morgan fingerprint density at radius 2 is 2.30 bits per heavy atom. The number of nitrogens with one attached hydrogen (secondary N) is 1. The normalized spacial score (nSPS) is 21.8. The fraction of sp³-hybridized carbons (Fsp3) is 0.533. The summed E-state index contributed by atoms with van der Waals surface area (Å²) in [4.78, 5) is 12.0. The number of rotatable bonds is 5. The second-order valence-corrected chi connectivity index (χ2v) is 6.15. The van der Waals surface area contributed by atoms with Crippen LogP contribution in [0.4, 0.5) is 0 Å². The van der Waals surface area contributed by atoms with E-state index >= 15 is 0 Å². The molecule has 1 amide bonds. The molecule has 0 bridgehead atoms. The van der Waals surface area contributed by atoms with Gasteiger partial charge in [0.2, 0.25) is 5.91 Å². The fourth-order valence-electron chi connectivity index (χ4n) is 2.64. The summed E-state index contributed by atoms with van der Waals surface area (Å²) in [7, 11) is 1.63. The molecule has 1 aromatic carbocycles. The lowest BCUT2D eigenvalue weighted by atomic mass is 10.00. The predicted molar refractivity (Wildman–Crippen MR) is 82.5 cm³/mol. The molecular formula is C15H21BrN2O2. The van der Waals surface area contributed by atoms with Gasteiger partial charge in [-0.05, 0) is 42.5 Å². The van der Waals surface area contributed by atoms with Gasteiger partial charge in [0.15, 0.2) is 0 Å². The van der Waals surface area contributed by atoms with Crippen molar-refractivity contribution in [2.24, 2.45) is 11.7 Å². The SMILES string of the molecule is COc1ccc(Br)c(CNC(=O)C[C@@H]2CCC[C@H]2N)c1. The molecule has 1 aliphatic rings. The molecule has 2 rings (SSSR count). The zero-order chi connectivity index (χ0) is 14.5. The van der Waals surface area contributed by atoms with Crippen LogP contribution in [0, 0.1) is 5.92 Å². The quantitative estimate of drug-likeness (QED) is 0.865. The van der Waals surface area contributed by atoms with Gasteiger partial charge < -0.3 is 15.8 Å². The lowest BCUT2D eigenvalue weighted by Gasteiger charge is -2.15. The topological polar surface area (TPSA) is 64.3 Å². The van der Waals surface area contributed by atoms with Crippen molar-refractivity contribution < 1.29 is 9.53 Å². The van der Waals surface area contributed by atoms with Crippen molar-refractivity contribution in [3.63, 3.8) is 0 Å². The second kappa shape index (κ2) is 7.09. The Morgan fingerprint density at radius 1 is 1.50 bits per heavy atom. The molecule has 5 heteroatoms. The first-order chi connectivity index (χ1) is 9.60. The predicted octanol–water partition coefficient (Wildman–Crippen LogP) is 2.59. The molecular weight excluding hydrogens is 320 g/mol. The molecule has 1 aromatic rings. The Balaban J connectivity index is 1.86. The summed E-state index contributed by atoms with van der Waals surface area (Å²) >= 11 is 3.48. The highest BCUT2D eigenvalue weighted by molar-refractivity contribution is 9.10. The van der Waals surface area contributed by atoms with E-state index in [2.05, 4.69) is 21.2 Å². The zero-order valence-corrected chi connectivity index (χ0v) is 13.3. The summed E-state index contributed by atoms with van der Waals surface area (Å²) in [5.74, 6) is 1.20. The van der Waals surface area contributed by atoms with E-state index in [4.69, 9.17) is 10.5 Å². The van der Waals surface area contributed by atoms with Gasteiger partial charge >= 0.3 is 0 Å². The molecule has 20 heavy (non-hydrogen) atoms. The highest BCUT2D eigenvalue weighted by Crippen LogP contribution is 2.27. The molecule has 0 aromatic heterocycles. The lowest BCUT2D eigenvalue weighted by molar-refractivity contribution is -0.122. The van der Waals surface area contributed by atoms with Crippen molar-refractivity contribution in [2.75, 3.05) is 7.11 Å². The third kappa shape index (κ3) is 3.96. The standard InChI is InChI=1S/C15H21BrN2O2/c1-20-12-5-6-13(16)11(7-12)9-18-15(19)8-10-3-2-4-14(10)17/h5-7,10,14H,2-4,8-9,17H2,1H3,(H,18,19)/t10-,14+/m0/s1. The molecule has 0 heterocycles. The number of carbonyl (C=O) groups excluding carboxylic acids is 1. The van der Waals surface area contributed by atoms with Gasteiger partial charge in [0.05, 0.1) is 7.11 Å². The molecule has 0 spiro atoms. The van der Waals surface area contributed by atoms with E-state index in [1.807, 2.05) is 18.2 Å². The Labute approximate surface area is 128 Å². The van der Waals surface area contributed by atoms with Crippen LogP contribution in [-0.4, -0.2) is 19.1 Å². The minimum atomic E-state index is 0.0714. The van der Waals surface area contributed by atoms with E-state index in [0.717, 1.165) is 35.0 Å². The number of ether oxygens (including phenoxy) is 1. The molecule has 4 nitrogen and oxygen atoms in total. The minimum absolute atomic E-state index is 0.0714. The first-order valence-corrected chi connectivity index (χ1v) is 7.74. The summed E-state index contributed by atoms with van der Waals surface area (Å²) in [5, 5.41) is 2.96. The van der Waals surface area contributed by atoms with Crippen LogP contribution in [-0.2, 0) is 11.3 Å². The third-order valence-corrected chi connectivity index (χ3v) is 4.67. The Kier molecular flexibility index (Phi) is 5.43. The van der Waals surface area contributed by atoms with Gasteiger partial charge in [0.1, 0.15) is 5.75 Å². The monoisotopic (exact) mass is 340 g/mol. The summed E-state index contributed by atoms with van der Waals surface area (Å²) in [6.45, 7) is 0.499. The number of amides is 1. The maximum Gasteiger partial charge on any atom is 0.220 e. The highest BCUT2D eigenvalue weighted by Gasteiger charge is 2.25. The van der Waals surface area contributed by atoms with E-state index in [9.17, 15) is 4.79 Å². The van der Waals surface area contributed by atoms with E-state index in [-0.39, 0.29) is 11.9 Å². The molecule has 0 unspecified atom stereocenters. The molecule has 3 N–H and O–H groups in total. The van der Waals surface area contributed by atoms with Crippen molar-refractivity contribution in [1.29, 1.82) is 0 Å². The first kappa shape index (κ1) is 15.3. The van der Waals surface area contributed by atoms with Gasteiger partial charge in [-0.15, -0.1) is 0 Å². The minimum Gasteiger partial charge on any atom is -0.497 e. The van der Waals surface area contributed by atoms with Crippen molar-refractivity contribution in [1.82, 2.24) is 5.32 Å². The summed E-state index contributed by atoms with van der Waals surface area (Å²) in [6.07, 6.45) is 3.78. The maximum atomic E-state index is 12.0. The van der Waals surface area contributed by atoms with E-state index in [1.165, 1.54) is 0 Å². The largest absolute Gasteiger partial charge is 0.497 e. The van der Waals surface area contributed by atoms with Crippen LogP contribution in [0.3, 0.4) is 0 Å². The van der Waals surface area contributed by atoms with Gasteiger partial charge in [-0.3, -0.25) is 4.79 Å². The molecule has 110 valence electrons. The average molecular weight is 341 g/mol. The van der Waals surface area contributed by atoms with Crippen molar-refractivity contribution >= 4 is 21.8 Å². The number of methoxy groups -OCH3 is 1. The highest BCUT2D eigenvalue weighted by atomic mass is 79.9. The first-order valence-electron chi connectivity index (χ1n) is 6.95. The number of hydrogen-bond acceptors (Lipinski definition) is 3. The second-order valence-electron chi connectivity index (χ2n) is 5.29. The number of nitrogens with two attached hydrogens (primary N) is 1. The molecule has 1 fully saturated rings. The molecule has 2 atom stereocenters. The zero-order valence-electron chi connectivity index (χ0n) is 11.7. The number of carbonyl (C=O) groups is 1. The van der Waals surface area contributed by atoms with Gasteiger partial charge in [-0.25, -0.2) is 0 Å². The molecule has 0 saturated heterocycles. The average Bonchev–Trinajstić information content (AvgIpc) is 2.83. The molecule has 0 radical (unpaired) electrons.